The SMILES string of the molecule is CON=C(C(=O)N[C@@H]1C(=O)N2C(C(=O)O)=C(CSc3nnnn3N=Cc3ccccc3)CS[C@@H]12)c1csc(N)n1. The quantitative estimate of drug-likeness (QED) is 0.126. The van der Waals surface area contributed by atoms with Crippen molar-refractivity contribution in [3.05, 3.63) is 58.2 Å². The molecule has 0 bridgehead atoms. The second kappa shape index (κ2) is 11.8. The average Bonchev–Trinajstić information content (AvgIpc) is 3.60. The van der Waals surface area contributed by atoms with Gasteiger partial charge in [0, 0.05) is 16.9 Å². The van der Waals surface area contributed by atoms with Gasteiger partial charge in [-0.3, -0.25) is 14.5 Å². The Morgan fingerprint density at radius 1 is 1.35 bits per heavy atom. The number of amides is 2. The maximum absolute atomic E-state index is 13.1. The number of nitrogens with zero attached hydrogens (tertiary/aromatic N) is 8. The van der Waals surface area contributed by atoms with Crippen molar-refractivity contribution in [3.63, 3.8) is 0 Å². The minimum atomic E-state index is -1.25. The molecule has 1 fully saturated rings. The van der Waals surface area contributed by atoms with Crippen molar-refractivity contribution in [2.75, 3.05) is 24.3 Å². The van der Waals surface area contributed by atoms with Crippen LogP contribution in [0.2, 0.25) is 0 Å². The number of thiazole rings is 1. The predicted molar refractivity (Wildman–Crippen MR) is 148 cm³/mol. The van der Waals surface area contributed by atoms with Crippen LogP contribution < -0.4 is 11.1 Å². The highest BCUT2D eigenvalue weighted by molar-refractivity contribution is 8.01. The van der Waals surface area contributed by atoms with E-state index in [1.807, 2.05) is 30.3 Å². The minimum Gasteiger partial charge on any atom is -0.477 e. The van der Waals surface area contributed by atoms with E-state index in [1.165, 1.54) is 45.7 Å². The number of aliphatic carboxylic acids is 1. The zero-order valence-corrected chi connectivity index (χ0v) is 23.0. The van der Waals surface area contributed by atoms with E-state index in [-0.39, 0.29) is 28.0 Å². The van der Waals surface area contributed by atoms with Crippen LogP contribution in [0, 0.1) is 0 Å². The lowest BCUT2D eigenvalue weighted by atomic mass is 10.0. The number of β-lactam (4-membered cyclic amide) rings is 1. The van der Waals surface area contributed by atoms with Crippen molar-refractivity contribution in [2.45, 2.75) is 16.6 Å². The first-order chi connectivity index (χ1) is 19.4. The number of thioether (sulfide) groups is 2. The summed E-state index contributed by atoms with van der Waals surface area (Å²) in [6.07, 6.45) is 1.60. The van der Waals surface area contributed by atoms with Gasteiger partial charge in [0.15, 0.2) is 10.8 Å². The summed E-state index contributed by atoms with van der Waals surface area (Å²) in [5, 5.41) is 33.5. The number of hydrogen-bond acceptors (Lipinski definition) is 14. The third kappa shape index (κ3) is 5.54. The van der Waals surface area contributed by atoms with Crippen molar-refractivity contribution in [1.29, 1.82) is 0 Å². The van der Waals surface area contributed by atoms with Gasteiger partial charge in [0.1, 0.15) is 29.9 Å². The Kier molecular flexibility index (Phi) is 8.08. The molecule has 2 atom stereocenters. The largest absolute Gasteiger partial charge is 0.477 e. The number of benzene rings is 1. The Morgan fingerprint density at radius 2 is 2.15 bits per heavy atom. The number of anilines is 1. The number of carboxylic acids is 1. The second-order valence-corrected chi connectivity index (χ2v) is 11.0. The number of fused-ring (bicyclic) bond motifs is 1. The van der Waals surface area contributed by atoms with E-state index >= 15 is 0 Å². The monoisotopic (exact) mass is 600 g/mol. The van der Waals surface area contributed by atoms with Crippen molar-refractivity contribution in [2.24, 2.45) is 10.3 Å². The third-order valence-electron chi connectivity index (χ3n) is 5.62. The van der Waals surface area contributed by atoms with Crippen LogP contribution in [-0.4, -0.2) is 95.0 Å². The number of aromatic nitrogens is 5. The lowest BCUT2D eigenvalue weighted by Crippen LogP contribution is -2.71. The molecule has 40 heavy (non-hydrogen) atoms. The van der Waals surface area contributed by atoms with Crippen LogP contribution in [0.5, 0.6) is 0 Å². The number of carboxylic acid groups (broad SMARTS) is 1. The van der Waals surface area contributed by atoms with E-state index in [4.69, 9.17) is 10.6 Å². The molecule has 1 aromatic carbocycles. The first kappa shape index (κ1) is 27.3. The molecular formula is C22H20N10O5S3. The summed E-state index contributed by atoms with van der Waals surface area (Å²) < 4.78 is 0. The Bertz CT molecular complexity index is 1540. The highest BCUT2D eigenvalue weighted by atomic mass is 32.2. The summed E-state index contributed by atoms with van der Waals surface area (Å²) in [7, 11) is 1.27. The van der Waals surface area contributed by atoms with Gasteiger partial charge >= 0.3 is 5.97 Å². The Hall–Kier alpha value is -4.29. The summed E-state index contributed by atoms with van der Waals surface area (Å²) in [6.45, 7) is 0. The number of nitrogens with two attached hydrogens (primary N) is 1. The molecule has 15 nitrogen and oxygen atoms in total. The summed E-state index contributed by atoms with van der Waals surface area (Å²) in [6, 6.07) is 8.43. The smallest absolute Gasteiger partial charge is 0.352 e. The van der Waals surface area contributed by atoms with Crippen LogP contribution >= 0.6 is 34.9 Å². The van der Waals surface area contributed by atoms with E-state index in [0.717, 1.165) is 16.9 Å². The van der Waals surface area contributed by atoms with Gasteiger partial charge in [-0.15, -0.1) is 27.9 Å². The number of nitrogen functional groups attached to an aromatic ring is 1. The Balaban J connectivity index is 1.28. The molecule has 206 valence electrons. The van der Waals surface area contributed by atoms with E-state index in [0.29, 0.717) is 16.5 Å². The van der Waals surface area contributed by atoms with E-state index in [2.05, 4.69) is 36.1 Å². The summed E-state index contributed by atoms with van der Waals surface area (Å²) >= 11 is 3.64. The molecule has 0 unspecified atom stereocenters. The summed E-state index contributed by atoms with van der Waals surface area (Å²) in [4.78, 5) is 49.4. The van der Waals surface area contributed by atoms with Crippen molar-refractivity contribution < 1.29 is 24.3 Å². The molecule has 1 saturated heterocycles. The molecule has 5 rings (SSSR count). The van der Waals surface area contributed by atoms with Crippen LogP contribution in [0.3, 0.4) is 0 Å². The predicted octanol–water partition coefficient (Wildman–Crippen LogP) is 0.475. The molecule has 4 N–H and O–H groups in total. The maximum atomic E-state index is 13.1. The highest BCUT2D eigenvalue weighted by Gasteiger charge is 2.54. The standard InChI is InChI=1S/C22H20N10O5S3/c1-37-28-14(13-10-39-21(23)25-13)17(33)26-15-18(34)31-16(20(35)36)12(8-38-19(15)31)9-40-22-27-29-30-32(22)24-7-11-5-3-2-4-6-11/h2-7,10,15,19H,8-9H2,1H3,(H2,23,25)(H,26,33)(H,35,36)/t15-,19+/m1/s1. The first-order valence-electron chi connectivity index (χ1n) is 11.4. The molecule has 2 aliphatic heterocycles. The number of hydrogen-bond donors (Lipinski definition) is 3. The van der Waals surface area contributed by atoms with Crippen LogP contribution in [0.15, 0.2) is 62.4 Å². The number of carbonyl (C=O) groups is 3. The minimum absolute atomic E-state index is 0.128. The molecule has 2 aliphatic rings. The van der Waals surface area contributed by atoms with E-state index < -0.39 is 29.2 Å². The Morgan fingerprint density at radius 3 is 2.85 bits per heavy atom. The molecule has 3 aromatic rings. The molecule has 0 spiro atoms. The number of nitrogens with one attached hydrogen (secondary N) is 1. The van der Waals surface area contributed by atoms with Crippen LogP contribution in [0.1, 0.15) is 11.3 Å². The fourth-order valence-corrected chi connectivity index (χ4v) is 6.70. The van der Waals surface area contributed by atoms with Gasteiger partial charge in [-0.25, -0.2) is 9.78 Å². The molecule has 18 heteroatoms. The van der Waals surface area contributed by atoms with Crippen LogP contribution in [-0.2, 0) is 19.2 Å². The molecule has 0 aliphatic carbocycles. The van der Waals surface area contributed by atoms with Gasteiger partial charge in [0.25, 0.3) is 11.8 Å². The van der Waals surface area contributed by atoms with E-state index in [1.54, 1.807) is 6.21 Å². The number of carbonyl (C=O) groups excluding carboxylic acids is 2. The van der Waals surface area contributed by atoms with Gasteiger partial charge in [0.05, 0.1) is 6.21 Å². The number of oxime groups is 1. The van der Waals surface area contributed by atoms with Crippen LogP contribution in [0.4, 0.5) is 5.13 Å². The molecule has 4 heterocycles. The Labute approximate surface area is 238 Å². The molecular weight excluding hydrogens is 581 g/mol. The first-order valence-corrected chi connectivity index (χ1v) is 14.3. The van der Waals surface area contributed by atoms with Gasteiger partial charge in [-0.05, 0) is 21.6 Å². The third-order valence-corrected chi connectivity index (χ3v) is 8.63. The normalized spacial score (nSPS) is 19.0. The topological polar surface area (TPSA) is 203 Å². The zero-order chi connectivity index (χ0) is 28.2. The van der Waals surface area contributed by atoms with Crippen molar-refractivity contribution >= 4 is 69.7 Å². The lowest BCUT2D eigenvalue weighted by molar-refractivity contribution is -0.150. The number of tetrazole rings is 1. The van der Waals surface area contributed by atoms with Crippen LogP contribution in [0.25, 0.3) is 0 Å². The van der Waals surface area contributed by atoms with Crippen molar-refractivity contribution in [1.82, 2.24) is 35.5 Å². The fraction of sp³-hybridized carbons (Fsp3) is 0.227. The molecule has 0 saturated carbocycles. The number of rotatable bonds is 10. The summed E-state index contributed by atoms with van der Waals surface area (Å²) in [5.74, 6) is -1.99. The zero-order valence-electron chi connectivity index (χ0n) is 20.6. The van der Waals surface area contributed by atoms with Gasteiger partial charge in [-0.1, -0.05) is 52.3 Å². The molecule has 2 aromatic heterocycles. The summed E-state index contributed by atoms with van der Waals surface area (Å²) in [5.41, 5.74) is 6.94. The van der Waals surface area contributed by atoms with Gasteiger partial charge in [0.2, 0.25) is 5.16 Å². The average molecular weight is 601 g/mol. The fourth-order valence-electron chi connectivity index (χ4n) is 3.84. The van der Waals surface area contributed by atoms with E-state index in [9.17, 15) is 19.5 Å². The van der Waals surface area contributed by atoms with Crippen molar-refractivity contribution in [3.8, 4) is 0 Å². The lowest BCUT2D eigenvalue weighted by Gasteiger charge is -2.49. The highest BCUT2D eigenvalue weighted by Crippen LogP contribution is 2.41. The van der Waals surface area contributed by atoms with Gasteiger partial charge in [-0.2, -0.15) is 5.10 Å². The molecule has 0 radical (unpaired) electrons. The molecule has 2 amide bonds. The maximum Gasteiger partial charge on any atom is 0.352 e. The second-order valence-electron chi connectivity index (χ2n) is 8.11. The van der Waals surface area contributed by atoms with Gasteiger partial charge < -0.3 is 21.0 Å².